The molecular weight excluding hydrogens is 478 g/mol. The summed E-state index contributed by atoms with van der Waals surface area (Å²) in [4.78, 5) is 27.5. The number of hydrogen-bond acceptors (Lipinski definition) is 9. The third-order valence-corrected chi connectivity index (χ3v) is 5.01. The van der Waals surface area contributed by atoms with Gasteiger partial charge in [-0.3, -0.25) is 14.5 Å². The molecule has 0 heterocycles. The van der Waals surface area contributed by atoms with Gasteiger partial charge in [-0.15, -0.1) is 0 Å². The normalized spacial score (nSPS) is 19.0. The fourth-order valence-electron chi connectivity index (χ4n) is 3.68. The summed E-state index contributed by atoms with van der Waals surface area (Å²) in [6.45, 7) is 15.8. The Kier molecular flexibility index (Phi) is 12.9. The van der Waals surface area contributed by atoms with Crippen LogP contribution in [-0.4, -0.2) is 82.2 Å². The molecule has 0 spiro atoms. The predicted octanol–water partition coefficient (Wildman–Crippen LogP) is 3.72. The average Bonchev–Trinajstić information content (AvgIpc) is 2.68. The third kappa shape index (κ3) is 15.9. The van der Waals surface area contributed by atoms with Crippen molar-refractivity contribution in [2.45, 2.75) is 117 Å². The summed E-state index contributed by atoms with van der Waals surface area (Å²) >= 11 is 0. The van der Waals surface area contributed by atoms with Crippen molar-refractivity contribution in [3.05, 3.63) is 24.3 Å². The van der Waals surface area contributed by atoms with Gasteiger partial charge in [0.1, 0.15) is 17.2 Å². The number of allylic oxidation sites excluding steroid dienone is 3. The molecule has 9 heteroatoms. The van der Waals surface area contributed by atoms with E-state index in [1.807, 2.05) is 24.3 Å². The second-order valence-corrected chi connectivity index (χ2v) is 12.4. The van der Waals surface area contributed by atoms with Gasteiger partial charge in [0.15, 0.2) is 12.6 Å². The van der Waals surface area contributed by atoms with Crippen LogP contribution in [0.2, 0.25) is 0 Å². The lowest BCUT2D eigenvalue weighted by Crippen LogP contribution is -2.51. The summed E-state index contributed by atoms with van der Waals surface area (Å²) in [5.74, 6) is -0.959. The molecule has 0 aliphatic heterocycles. The van der Waals surface area contributed by atoms with E-state index in [0.717, 1.165) is 6.42 Å². The zero-order valence-electron chi connectivity index (χ0n) is 24.2. The Morgan fingerprint density at radius 1 is 0.892 bits per heavy atom. The molecule has 0 aromatic carbocycles. The quantitative estimate of drug-likeness (QED) is 0.273. The number of esters is 2. The SMILES string of the molecule is CC(C)(C)OC(=O)CN(CC(O)OC(C)(C)C)C(CCC(O)OC[C@H]1C=CC=CC1)C(=O)OC(C)(C)C. The first-order chi connectivity index (χ1) is 16.8. The molecule has 0 aromatic heterocycles. The van der Waals surface area contributed by atoms with Crippen molar-refractivity contribution in [1.82, 2.24) is 4.90 Å². The van der Waals surface area contributed by atoms with Crippen LogP contribution >= 0.6 is 0 Å². The molecule has 0 fully saturated rings. The molecule has 37 heavy (non-hydrogen) atoms. The average molecular weight is 528 g/mol. The lowest BCUT2D eigenvalue weighted by Gasteiger charge is -2.35. The van der Waals surface area contributed by atoms with E-state index in [9.17, 15) is 19.8 Å². The zero-order valence-corrected chi connectivity index (χ0v) is 24.2. The number of hydrogen-bond donors (Lipinski definition) is 2. The Bertz CT molecular complexity index is 773. The summed E-state index contributed by atoms with van der Waals surface area (Å²) in [5, 5.41) is 21.1. The van der Waals surface area contributed by atoms with E-state index in [0.29, 0.717) is 6.61 Å². The Labute approximate surface area is 222 Å². The van der Waals surface area contributed by atoms with Crippen LogP contribution in [0.1, 0.15) is 81.6 Å². The molecule has 1 rings (SSSR count). The Morgan fingerprint density at radius 2 is 1.51 bits per heavy atom. The monoisotopic (exact) mass is 527 g/mol. The maximum atomic E-state index is 13.3. The van der Waals surface area contributed by atoms with Gasteiger partial charge in [-0.2, -0.15) is 0 Å². The van der Waals surface area contributed by atoms with Crippen molar-refractivity contribution >= 4 is 11.9 Å². The van der Waals surface area contributed by atoms with Crippen LogP contribution in [0.15, 0.2) is 24.3 Å². The number of nitrogens with zero attached hydrogens (tertiary/aromatic N) is 1. The molecule has 0 saturated heterocycles. The van der Waals surface area contributed by atoms with E-state index in [1.54, 1.807) is 62.3 Å². The second-order valence-electron chi connectivity index (χ2n) is 12.4. The molecule has 0 amide bonds. The first-order valence-corrected chi connectivity index (χ1v) is 13.0. The fourth-order valence-corrected chi connectivity index (χ4v) is 3.68. The maximum Gasteiger partial charge on any atom is 0.323 e. The smallest absolute Gasteiger partial charge is 0.323 e. The predicted molar refractivity (Wildman–Crippen MR) is 141 cm³/mol. The minimum Gasteiger partial charge on any atom is -0.459 e. The van der Waals surface area contributed by atoms with Gasteiger partial charge in [0.25, 0.3) is 0 Å². The van der Waals surface area contributed by atoms with Crippen molar-refractivity contribution in [2.75, 3.05) is 19.7 Å². The maximum absolute atomic E-state index is 13.3. The minimum absolute atomic E-state index is 0.122. The topological polar surface area (TPSA) is 115 Å². The summed E-state index contributed by atoms with van der Waals surface area (Å²) in [7, 11) is 0. The van der Waals surface area contributed by atoms with Crippen LogP contribution in [0.5, 0.6) is 0 Å². The van der Waals surface area contributed by atoms with Gasteiger partial charge in [0.2, 0.25) is 0 Å². The van der Waals surface area contributed by atoms with Crippen LogP contribution < -0.4 is 0 Å². The molecule has 0 radical (unpaired) electrons. The summed E-state index contributed by atoms with van der Waals surface area (Å²) in [6, 6.07) is -0.958. The van der Waals surface area contributed by atoms with Gasteiger partial charge in [-0.25, -0.2) is 0 Å². The molecule has 0 bridgehead atoms. The van der Waals surface area contributed by atoms with Crippen molar-refractivity contribution < 1.29 is 38.7 Å². The van der Waals surface area contributed by atoms with Gasteiger partial charge in [0.05, 0.1) is 25.3 Å². The third-order valence-electron chi connectivity index (χ3n) is 5.01. The van der Waals surface area contributed by atoms with Crippen molar-refractivity contribution in [2.24, 2.45) is 5.92 Å². The van der Waals surface area contributed by atoms with Gasteiger partial charge in [0, 0.05) is 12.3 Å². The van der Waals surface area contributed by atoms with Gasteiger partial charge in [-0.1, -0.05) is 24.3 Å². The summed E-state index contributed by atoms with van der Waals surface area (Å²) in [5.41, 5.74) is -2.15. The highest BCUT2D eigenvalue weighted by Gasteiger charge is 2.35. The van der Waals surface area contributed by atoms with Gasteiger partial charge in [-0.05, 0) is 75.2 Å². The largest absolute Gasteiger partial charge is 0.459 e. The summed E-state index contributed by atoms with van der Waals surface area (Å²) < 4.78 is 22.4. The summed E-state index contributed by atoms with van der Waals surface area (Å²) in [6.07, 6.45) is 6.67. The molecular formula is C28H49NO8. The molecule has 3 unspecified atom stereocenters. The number of rotatable bonds is 13. The van der Waals surface area contributed by atoms with Crippen molar-refractivity contribution in [3.63, 3.8) is 0 Å². The van der Waals surface area contributed by atoms with Crippen LogP contribution in [-0.2, 0) is 28.5 Å². The molecule has 9 nitrogen and oxygen atoms in total. The van der Waals surface area contributed by atoms with Crippen molar-refractivity contribution in [1.29, 1.82) is 0 Å². The van der Waals surface area contributed by atoms with E-state index in [2.05, 4.69) is 0 Å². The lowest BCUT2D eigenvalue weighted by atomic mass is 10.0. The Morgan fingerprint density at radius 3 is 2.03 bits per heavy atom. The number of aliphatic hydroxyl groups excluding tert-OH is 2. The van der Waals surface area contributed by atoms with Crippen LogP contribution in [0.4, 0.5) is 0 Å². The Balaban J connectivity index is 3.05. The molecule has 0 saturated carbocycles. The fraction of sp³-hybridized carbons (Fsp3) is 0.786. The van der Waals surface area contributed by atoms with Gasteiger partial charge < -0.3 is 29.2 Å². The van der Waals surface area contributed by atoms with E-state index in [4.69, 9.17) is 18.9 Å². The van der Waals surface area contributed by atoms with E-state index in [-0.39, 0.29) is 31.8 Å². The molecule has 214 valence electrons. The molecule has 1 aliphatic rings. The standard InChI is InChI=1S/C28H49NO8/c1-26(2,3)35-23(31)17-29(18-24(32)36-27(4,5)6)21(25(33)37-28(7,8)9)15-16-22(30)34-19-20-13-11-10-12-14-20/h10-13,20-23,30-31H,14-19H2,1-9H3/t20-,21?,22?,23?/m0/s1. The zero-order chi connectivity index (χ0) is 28.4. The molecule has 1 aliphatic carbocycles. The lowest BCUT2D eigenvalue weighted by molar-refractivity contribution is -0.186. The minimum atomic E-state index is -1.28. The van der Waals surface area contributed by atoms with Crippen LogP contribution in [0, 0.1) is 5.92 Å². The molecule has 4 atom stereocenters. The highest BCUT2D eigenvalue weighted by atomic mass is 16.6. The first-order valence-electron chi connectivity index (χ1n) is 13.0. The van der Waals surface area contributed by atoms with Gasteiger partial charge >= 0.3 is 11.9 Å². The number of ether oxygens (including phenoxy) is 4. The molecule has 0 aromatic rings. The van der Waals surface area contributed by atoms with E-state index >= 15 is 0 Å². The number of aliphatic hydroxyl groups is 2. The second kappa shape index (κ2) is 14.4. The Hall–Kier alpha value is -1.78. The van der Waals surface area contributed by atoms with Crippen LogP contribution in [0.3, 0.4) is 0 Å². The van der Waals surface area contributed by atoms with E-state index in [1.165, 1.54) is 4.90 Å². The van der Waals surface area contributed by atoms with E-state index < -0.39 is 47.4 Å². The number of carbonyl (C=O) groups is 2. The van der Waals surface area contributed by atoms with Crippen LogP contribution in [0.25, 0.3) is 0 Å². The highest BCUT2D eigenvalue weighted by Crippen LogP contribution is 2.20. The van der Waals surface area contributed by atoms with Crippen molar-refractivity contribution in [3.8, 4) is 0 Å². The molecule has 2 N–H and O–H groups in total. The number of carbonyl (C=O) groups excluding carboxylic acids is 2. The highest BCUT2D eigenvalue weighted by molar-refractivity contribution is 5.78. The first kappa shape index (κ1) is 33.2.